The highest BCUT2D eigenvalue weighted by Gasteiger charge is 2.38. The van der Waals surface area contributed by atoms with Gasteiger partial charge in [-0.05, 0) is 31.7 Å². The molecule has 1 saturated carbocycles. The fourth-order valence-corrected chi connectivity index (χ4v) is 2.36. The van der Waals surface area contributed by atoms with Crippen molar-refractivity contribution >= 4 is 5.97 Å². The molecule has 1 aromatic rings. The molecule has 18 heavy (non-hydrogen) atoms. The predicted molar refractivity (Wildman–Crippen MR) is 71.2 cm³/mol. The number of esters is 1. The maximum Gasteiger partial charge on any atom is 0.307 e. The second-order valence-electron chi connectivity index (χ2n) is 5.23. The van der Waals surface area contributed by atoms with E-state index in [-0.39, 0.29) is 11.5 Å². The number of hydrogen-bond donors (Lipinski definition) is 1. The molecule has 0 bridgehead atoms. The molecule has 0 aromatic heterocycles. The Balaban J connectivity index is 1.91. The number of carbonyl (C=O) groups excluding carboxylic acids is 1. The summed E-state index contributed by atoms with van der Waals surface area (Å²) in [5, 5.41) is 3.53. The van der Waals surface area contributed by atoms with Gasteiger partial charge in [-0.1, -0.05) is 29.8 Å². The molecule has 1 N–H and O–H groups in total. The van der Waals surface area contributed by atoms with Crippen molar-refractivity contribution in [1.29, 1.82) is 0 Å². The first-order chi connectivity index (χ1) is 8.63. The van der Waals surface area contributed by atoms with Crippen LogP contribution in [0.4, 0.5) is 0 Å². The smallest absolute Gasteiger partial charge is 0.307 e. The summed E-state index contributed by atoms with van der Waals surface area (Å²) in [5.41, 5.74) is 2.50. The van der Waals surface area contributed by atoms with Crippen LogP contribution in [0.2, 0.25) is 0 Å². The zero-order valence-electron chi connectivity index (χ0n) is 11.2. The Morgan fingerprint density at radius 3 is 2.50 bits per heavy atom. The van der Waals surface area contributed by atoms with E-state index in [1.807, 2.05) is 0 Å². The molecule has 0 radical (unpaired) electrons. The minimum atomic E-state index is -0.119. The summed E-state index contributed by atoms with van der Waals surface area (Å²) >= 11 is 0. The number of methoxy groups -OCH3 is 1. The number of aryl methyl sites for hydroxylation is 1. The lowest BCUT2D eigenvalue weighted by atomic mass is 9.74. The number of ether oxygens (including phenoxy) is 1. The van der Waals surface area contributed by atoms with Gasteiger partial charge in [0.15, 0.2) is 0 Å². The van der Waals surface area contributed by atoms with Crippen LogP contribution in [0.25, 0.3) is 0 Å². The Morgan fingerprint density at radius 1 is 1.33 bits per heavy atom. The van der Waals surface area contributed by atoms with E-state index >= 15 is 0 Å². The maximum absolute atomic E-state index is 11.4. The summed E-state index contributed by atoms with van der Waals surface area (Å²) in [4.78, 5) is 11.4. The van der Waals surface area contributed by atoms with E-state index < -0.39 is 0 Å². The Kier molecular flexibility index (Phi) is 4.02. The number of carbonyl (C=O) groups is 1. The standard InChI is InChI=1S/C15H21NO2/c1-12-4-6-13(7-5-12)11-16-15(8-3-9-15)10-14(17)18-2/h4-7,16H,3,8-11H2,1-2H3. The van der Waals surface area contributed by atoms with Gasteiger partial charge in [0.05, 0.1) is 13.5 Å². The van der Waals surface area contributed by atoms with Crippen molar-refractivity contribution in [2.75, 3.05) is 7.11 Å². The third-order valence-corrected chi connectivity index (χ3v) is 3.81. The average molecular weight is 247 g/mol. The van der Waals surface area contributed by atoms with Crippen LogP contribution in [0.5, 0.6) is 0 Å². The number of nitrogens with one attached hydrogen (secondary N) is 1. The molecule has 0 unspecified atom stereocenters. The van der Waals surface area contributed by atoms with Crippen LogP contribution in [-0.2, 0) is 16.1 Å². The molecule has 3 nitrogen and oxygen atoms in total. The molecule has 0 aliphatic heterocycles. The van der Waals surface area contributed by atoms with E-state index in [0.717, 1.165) is 19.4 Å². The van der Waals surface area contributed by atoms with Crippen molar-refractivity contribution in [3.63, 3.8) is 0 Å². The van der Waals surface area contributed by atoms with Gasteiger partial charge in [-0.2, -0.15) is 0 Å². The van der Waals surface area contributed by atoms with Crippen molar-refractivity contribution < 1.29 is 9.53 Å². The van der Waals surface area contributed by atoms with Crippen LogP contribution in [-0.4, -0.2) is 18.6 Å². The number of benzene rings is 1. The van der Waals surface area contributed by atoms with Gasteiger partial charge in [0.1, 0.15) is 0 Å². The average Bonchev–Trinajstić information content (AvgIpc) is 2.34. The van der Waals surface area contributed by atoms with E-state index in [1.54, 1.807) is 0 Å². The molecule has 0 amide bonds. The molecule has 1 aliphatic rings. The summed E-state index contributed by atoms with van der Waals surface area (Å²) in [7, 11) is 1.45. The van der Waals surface area contributed by atoms with Gasteiger partial charge in [-0.3, -0.25) is 4.79 Å². The zero-order valence-corrected chi connectivity index (χ0v) is 11.2. The molecule has 0 heterocycles. The SMILES string of the molecule is COC(=O)CC1(NCc2ccc(C)cc2)CCC1. The third-order valence-electron chi connectivity index (χ3n) is 3.81. The summed E-state index contributed by atoms with van der Waals surface area (Å²) in [6.45, 7) is 2.90. The largest absolute Gasteiger partial charge is 0.469 e. The maximum atomic E-state index is 11.4. The van der Waals surface area contributed by atoms with E-state index in [0.29, 0.717) is 6.42 Å². The zero-order chi connectivity index (χ0) is 13.0. The Morgan fingerprint density at radius 2 is 2.00 bits per heavy atom. The van der Waals surface area contributed by atoms with Gasteiger partial charge in [0.2, 0.25) is 0 Å². The molecule has 0 spiro atoms. The fraction of sp³-hybridized carbons (Fsp3) is 0.533. The lowest BCUT2D eigenvalue weighted by molar-refractivity contribution is -0.143. The molecule has 3 heteroatoms. The van der Waals surface area contributed by atoms with E-state index in [1.165, 1.54) is 24.7 Å². The van der Waals surface area contributed by atoms with Gasteiger partial charge in [-0.15, -0.1) is 0 Å². The molecule has 98 valence electrons. The Labute approximate surface area is 109 Å². The molecule has 0 atom stereocenters. The molecule has 0 saturated heterocycles. The molecule has 1 aromatic carbocycles. The first-order valence-electron chi connectivity index (χ1n) is 6.51. The predicted octanol–water partition coefficient (Wildman–Crippen LogP) is 2.57. The fourth-order valence-electron chi connectivity index (χ4n) is 2.36. The topological polar surface area (TPSA) is 38.3 Å². The van der Waals surface area contributed by atoms with E-state index in [9.17, 15) is 4.79 Å². The van der Waals surface area contributed by atoms with Crippen molar-refractivity contribution in [2.24, 2.45) is 0 Å². The molecule has 2 rings (SSSR count). The number of hydrogen-bond acceptors (Lipinski definition) is 3. The highest BCUT2D eigenvalue weighted by molar-refractivity contribution is 5.71. The van der Waals surface area contributed by atoms with Gasteiger partial charge >= 0.3 is 5.97 Å². The van der Waals surface area contributed by atoms with Gasteiger partial charge < -0.3 is 10.1 Å². The monoisotopic (exact) mass is 247 g/mol. The molecule has 1 fully saturated rings. The first-order valence-corrected chi connectivity index (χ1v) is 6.51. The van der Waals surface area contributed by atoms with Crippen LogP contribution in [0.15, 0.2) is 24.3 Å². The summed E-state index contributed by atoms with van der Waals surface area (Å²) in [6.07, 6.45) is 3.80. The van der Waals surface area contributed by atoms with E-state index in [2.05, 4.69) is 36.5 Å². The Bertz CT molecular complexity index is 407. The minimum Gasteiger partial charge on any atom is -0.469 e. The minimum absolute atomic E-state index is 0.0298. The highest BCUT2D eigenvalue weighted by atomic mass is 16.5. The number of rotatable bonds is 5. The third kappa shape index (κ3) is 3.10. The van der Waals surface area contributed by atoms with Gasteiger partial charge in [0, 0.05) is 12.1 Å². The molecular formula is C15H21NO2. The first kappa shape index (κ1) is 13.1. The summed E-state index contributed by atoms with van der Waals surface area (Å²) < 4.78 is 4.77. The van der Waals surface area contributed by atoms with Crippen LogP contribution < -0.4 is 5.32 Å². The molecule has 1 aliphatic carbocycles. The summed E-state index contributed by atoms with van der Waals surface area (Å²) in [5.74, 6) is -0.119. The van der Waals surface area contributed by atoms with Crippen LogP contribution in [0.3, 0.4) is 0 Å². The quantitative estimate of drug-likeness (QED) is 0.813. The highest BCUT2D eigenvalue weighted by Crippen LogP contribution is 2.35. The van der Waals surface area contributed by atoms with E-state index in [4.69, 9.17) is 4.74 Å². The van der Waals surface area contributed by atoms with Gasteiger partial charge in [0.25, 0.3) is 0 Å². The second kappa shape index (κ2) is 5.53. The normalized spacial score (nSPS) is 17.0. The van der Waals surface area contributed by atoms with Crippen LogP contribution in [0, 0.1) is 6.92 Å². The van der Waals surface area contributed by atoms with Crippen molar-refractivity contribution in [2.45, 2.75) is 44.7 Å². The van der Waals surface area contributed by atoms with Crippen LogP contribution in [0.1, 0.15) is 36.8 Å². The lowest BCUT2D eigenvalue weighted by Gasteiger charge is -2.42. The second-order valence-corrected chi connectivity index (χ2v) is 5.23. The van der Waals surface area contributed by atoms with Crippen molar-refractivity contribution in [3.8, 4) is 0 Å². The van der Waals surface area contributed by atoms with Gasteiger partial charge in [-0.25, -0.2) is 0 Å². The van der Waals surface area contributed by atoms with Crippen molar-refractivity contribution in [3.05, 3.63) is 35.4 Å². The van der Waals surface area contributed by atoms with Crippen molar-refractivity contribution in [1.82, 2.24) is 5.32 Å². The Hall–Kier alpha value is -1.35. The lowest BCUT2D eigenvalue weighted by Crippen LogP contribution is -2.52. The van der Waals surface area contributed by atoms with Crippen LogP contribution >= 0.6 is 0 Å². The summed E-state index contributed by atoms with van der Waals surface area (Å²) in [6, 6.07) is 8.50. The molecular weight excluding hydrogens is 226 g/mol.